The third-order valence-corrected chi connectivity index (χ3v) is 6.58. The third-order valence-electron chi connectivity index (χ3n) is 6.58. The van der Waals surface area contributed by atoms with Crippen LogP contribution in [0.25, 0.3) is 32.7 Å². The van der Waals surface area contributed by atoms with Gasteiger partial charge in [0.1, 0.15) is 11.5 Å². The Hall–Kier alpha value is -4.06. The van der Waals surface area contributed by atoms with E-state index >= 15 is 0 Å². The highest BCUT2D eigenvalue weighted by atomic mass is 16.5. The Morgan fingerprint density at radius 3 is 1.36 bits per heavy atom. The van der Waals surface area contributed by atoms with Gasteiger partial charge in [0.2, 0.25) is 0 Å². The molecule has 0 saturated heterocycles. The number of phenols is 2. The minimum atomic E-state index is -0.261. The Balaban J connectivity index is 1.81. The second kappa shape index (κ2) is 11.1. The van der Waals surface area contributed by atoms with Crippen molar-refractivity contribution < 1.29 is 29.3 Å². The van der Waals surface area contributed by atoms with Crippen molar-refractivity contribution in [3.8, 4) is 22.6 Å². The molecule has 186 valence electrons. The molecule has 4 aromatic carbocycles. The van der Waals surface area contributed by atoms with Gasteiger partial charge in [-0.1, -0.05) is 48.5 Å². The molecule has 0 aliphatic rings. The Morgan fingerprint density at radius 1 is 0.639 bits per heavy atom. The standard InChI is InChI=1S/C30H30O6/c1-35-27(33)15-7-9-19-17-25(31)29(23-13-5-3-11-21(19)23)30-24-14-6-4-12-22(24)20(18-26(30)32)10-8-16-28(34)36-2/h3-6,11-14,17-18,31-32H,7-10,15-16H2,1-2H3. The van der Waals surface area contributed by atoms with Crippen LogP contribution >= 0.6 is 0 Å². The number of rotatable bonds is 9. The van der Waals surface area contributed by atoms with E-state index in [-0.39, 0.29) is 23.4 Å². The van der Waals surface area contributed by atoms with Gasteiger partial charge in [-0.25, -0.2) is 0 Å². The van der Waals surface area contributed by atoms with Crippen LogP contribution in [0.2, 0.25) is 0 Å². The minimum Gasteiger partial charge on any atom is -0.507 e. The summed E-state index contributed by atoms with van der Waals surface area (Å²) in [6, 6.07) is 19.0. The number of carbonyl (C=O) groups excluding carboxylic acids is 2. The maximum Gasteiger partial charge on any atom is 0.305 e. The van der Waals surface area contributed by atoms with Crippen molar-refractivity contribution in [2.45, 2.75) is 38.5 Å². The molecular formula is C30H30O6. The van der Waals surface area contributed by atoms with Crippen LogP contribution in [-0.2, 0) is 31.9 Å². The van der Waals surface area contributed by atoms with Crippen molar-refractivity contribution in [3.05, 3.63) is 71.8 Å². The van der Waals surface area contributed by atoms with Gasteiger partial charge in [0.25, 0.3) is 0 Å². The highest BCUT2D eigenvalue weighted by molar-refractivity contribution is 6.11. The summed E-state index contributed by atoms with van der Waals surface area (Å²) in [4.78, 5) is 23.1. The predicted octanol–water partition coefficient (Wildman–Crippen LogP) is 6.06. The summed E-state index contributed by atoms with van der Waals surface area (Å²) in [5.41, 5.74) is 2.99. The number of phenolic OH excluding ortho intramolecular Hbond substituents is 2. The van der Waals surface area contributed by atoms with Crippen molar-refractivity contribution >= 4 is 33.5 Å². The van der Waals surface area contributed by atoms with Gasteiger partial charge >= 0.3 is 11.9 Å². The first-order valence-electron chi connectivity index (χ1n) is 12.1. The van der Waals surface area contributed by atoms with Crippen molar-refractivity contribution in [3.63, 3.8) is 0 Å². The lowest BCUT2D eigenvalue weighted by Gasteiger charge is -2.18. The topological polar surface area (TPSA) is 93.1 Å². The Bertz CT molecular complexity index is 1310. The van der Waals surface area contributed by atoms with E-state index in [1.165, 1.54) is 14.2 Å². The quantitative estimate of drug-likeness (QED) is 0.279. The molecule has 0 aliphatic heterocycles. The molecule has 36 heavy (non-hydrogen) atoms. The lowest BCUT2D eigenvalue weighted by molar-refractivity contribution is -0.141. The number of ether oxygens (including phenoxy) is 2. The first kappa shape index (κ1) is 25.0. The SMILES string of the molecule is COC(=O)CCCc1cc(O)c(-c2c(O)cc(CCCC(=O)OC)c3ccccc23)c2ccccc12. The van der Waals surface area contributed by atoms with E-state index in [1.807, 2.05) is 48.5 Å². The summed E-state index contributed by atoms with van der Waals surface area (Å²) in [7, 11) is 2.75. The second-order valence-corrected chi connectivity index (χ2v) is 8.81. The highest BCUT2D eigenvalue weighted by Gasteiger charge is 2.20. The summed E-state index contributed by atoms with van der Waals surface area (Å²) in [5, 5.41) is 26.0. The fourth-order valence-electron chi connectivity index (χ4n) is 4.86. The highest BCUT2D eigenvalue weighted by Crippen LogP contribution is 2.46. The van der Waals surface area contributed by atoms with Crippen LogP contribution in [-0.4, -0.2) is 36.4 Å². The Kier molecular flexibility index (Phi) is 7.74. The molecule has 4 aromatic rings. The van der Waals surface area contributed by atoms with Crippen LogP contribution in [0.5, 0.6) is 11.5 Å². The number of aromatic hydroxyl groups is 2. The number of carbonyl (C=O) groups is 2. The maximum absolute atomic E-state index is 11.6. The second-order valence-electron chi connectivity index (χ2n) is 8.81. The van der Waals surface area contributed by atoms with Crippen LogP contribution in [0.3, 0.4) is 0 Å². The number of methoxy groups -OCH3 is 2. The van der Waals surface area contributed by atoms with Gasteiger partial charge in [-0.05, 0) is 70.5 Å². The molecule has 0 amide bonds. The Labute approximate surface area is 210 Å². The molecule has 4 rings (SSSR count). The zero-order valence-electron chi connectivity index (χ0n) is 20.5. The van der Waals surface area contributed by atoms with Gasteiger partial charge < -0.3 is 19.7 Å². The summed E-state index contributed by atoms with van der Waals surface area (Å²) in [6.07, 6.45) is 3.02. The van der Waals surface area contributed by atoms with Crippen LogP contribution in [0, 0.1) is 0 Å². The molecule has 0 aliphatic carbocycles. The molecule has 0 bridgehead atoms. The van der Waals surface area contributed by atoms with E-state index in [0.717, 1.165) is 32.7 Å². The molecule has 0 atom stereocenters. The van der Waals surface area contributed by atoms with Crippen LogP contribution in [0.4, 0.5) is 0 Å². The number of hydrogen-bond acceptors (Lipinski definition) is 6. The fraction of sp³-hybridized carbons (Fsp3) is 0.267. The summed E-state index contributed by atoms with van der Waals surface area (Å²) < 4.78 is 9.49. The molecule has 0 spiro atoms. The molecule has 6 nitrogen and oxygen atoms in total. The van der Waals surface area contributed by atoms with E-state index in [4.69, 9.17) is 9.47 Å². The lowest BCUT2D eigenvalue weighted by Crippen LogP contribution is -2.01. The molecule has 0 saturated carbocycles. The average Bonchev–Trinajstić information content (AvgIpc) is 2.89. The van der Waals surface area contributed by atoms with Crippen molar-refractivity contribution in [2.24, 2.45) is 0 Å². The zero-order valence-corrected chi connectivity index (χ0v) is 20.5. The van der Waals surface area contributed by atoms with Gasteiger partial charge in [0.15, 0.2) is 0 Å². The van der Waals surface area contributed by atoms with Gasteiger partial charge in [0, 0.05) is 24.0 Å². The predicted molar refractivity (Wildman–Crippen MR) is 140 cm³/mol. The molecule has 0 unspecified atom stereocenters. The number of fused-ring (bicyclic) bond motifs is 2. The summed E-state index contributed by atoms with van der Waals surface area (Å²) in [6.45, 7) is 0. The van der Waals surface area contributed by atoms with E-state index in [1.54, 1.807) is 12.1 Å². The molecular weight excluding hydrogens is 456 g/mol. The fourth-order valence-corrected chi connectivity index (χ4v) is 4.86. The van der Waals surface area contributed by atoms with Crippen LogP contribution in [0.15, 0.2) is 60.7 Å². The largest absolute Gasteiger partial charge is 0.507 e. The first-order chi connectivity index (χ1) is 17.4. The molecule has 0 aromatic heterocycles. The molecule has 6 heteroatoms. The van der Waals surface area contributed by atoms with E-state index < -0.39 is 0 Å². The summed E-state index contributed by atoms with van der Waals surface area (Å²) in [5.74, 6) is -0.382. The van der Waals surface area contributed by atoms with Crippen molar-refractivity contribution in [1.82, 2.24) is 0 Å². The lowest BCUT2D eigenvalue weighted by atomic mass is 9.87. The number of benzene rings is 4. The normalized spacial score (nSPS) is 11.1. The van der Waals surface area contributed by atoms with Crippen LogP contribution in [0.1, 0.15) is 36.8 Å². The van der Waals surface area contributed by atoms with E-state index in [9.17, 15) is 19.8 Å². The molecule has 0 radical (unpaired) electrons. The summed E-state index contributed by atoms with van der Waals surface area (Å²) >= 11 is 0. The first-order valence-corrected chi connectivity index (χ1v) is 12.1. The molecule has 2 N–H and O–H groups in total. The molecule has 0 heterocycles. The smallest absolute Gasteiger partial charge is 0.305 e. The number of aryl methyl sites for hydroxylation is 2. The van der Waals surface area contributed by atoms with Crippen molar-refractivity contribution in [2.75, 3.05) is 14.2 Å². The monoisotopic (exact) mass is 486 g/mol. The van der Waals surface area contributed by atoms with Crippen LogP contribution < -0.4 is 0 Å². The third kappa shape index (κ3) is 5.13. The van der Waals surface area contributed by atoms with Crippen molar-refractivity contribution in [1.29, 1.82) is 0 Å². The molecule has 0 fully saturated rings. The van der Waals surface area contributed by atoms with Gasteiger partial charge in [0.05, 0.1) is 14.2 Å². The van der Waals surface area contributed by atoms with E-state index in [0.29, 0.717) is 49.7 Å². The number of hydrogen-bond donors (Lipinski definition) is 2. The Morgan fingerprint density at radius 2 is 1.00 bits per heavy atom. The minimum absolute atomic E-state index is 0.0701. The van der Waals surface area contributed by atoms with Gasteiger partial charge in [-0.15, -0.1) is 0 Å². The zero-order chi connectivity index (χ0) is 25.7. The van der Waals surface area contributed by atoms with Gasteiger partial charge in [-0.2, -0.15) is 0 Å². The van der Waals surface area contributed by atoms with E-state index in [2.05, 4.69) is 0 Å². The van der Waals surface area contributed by atoms with Gasteiger partial charge in [-0.3, -0.25) is 9.59 Å². The number of esters is 2. The average molecular weight is 487 g/mol. The maximum atomic E-state index is 11.6.